The lowest BCUT2D eigenvalue weighted by molar-refractivity contribution is 0.425. The van der Waals surface area contributed by atoms with Gasteiger partial charge in [-0.1, -0.05) is 29.8 Å². The molecule has 0 aliphatic rings. The topological polar surface area (TPSA) is 25.2 Å². The van der Waals surface area contributed by atoms with Crippen molar-refractivity contribution in [2.45, 2.75) is 12.8 Å². The van der Waals surface area contributed by atoms with Gasteiger partial charge in [0.25, 0.3) is 0 Å². The summed E-state index contributed by atoms with van der Waals surface area (Å²) >= 11 is 6.21. The van der Waals surface area contributed by atoms with Gasteiger partial charge in [-0.2, -0.15) is 0 Å². The molecule has 1 heterocycles. The van der Waals surface area contributed by atoms with Crippen LogP contribution in [0.2, 0.25) is 5.02 Å². The fourth-order valence-corrected chi connectivity index (χ4v) is 2.41. The average Bonchev–Trinajstić information content (AvgIpc) is 2.85. The van der Waals surface area contributed by atoms with E-state index < -0.39 is 0 Å². The van der Waals surface area contributed by atoms with Gasteiger partial charge in [-0.3, -0.25) is 0 Å². The van der Waals surface area contributed by atoms with Crippen LogP contribution in [-0.2, 0) is 12.8 Å². The van der Waals surface area contributed by atoms with Crippen molar-refractivity contribution in [1.82, 2.24) is 5.32 Å². The van der Waals surface area contributed by atoms with Crippen LogP contribution >= 0.6 is 11.6 Å². The van der Waals surface area contributed by atoms with Crippen molar-refractivity contribution in [2.75, 3.05) is 13.6 Å². The number of furan rings is 1. The van der Waals surface area contributed by atoms with Crippen molar-refractivity contribution in [3.8, 4) is 0 Å². The molecule has 1 unspecified atom stereocenters. The summed E-state index contributed by atoms with van der Waals surface area (Å²) in [5.41, 5.74) is 1.20. The van der Waals surface area contributed by atoms with Crippen LogP contribution < -0.4 is 5.32 Å². The largest absolute Gasteiger partial charge is 0.469 e. The van der Waals surface area contributed by atoms with E-state index in [0.717, 1.165) is 30.2 Å². The molecule has 2 nitrogen and oxygen atoms in total. The van der Waals surface area contributed by atoms with Gasteiger partial charge in [-0.05, 0) is 49.7 Å². The molecule has 0 aliphatic heterocycles. The molecule has 0 fully saturated rings. The van der Waals surface area contributed by atoms with Crippen LogP contribution in [0.15, 0.2) is 47.1 Å². The average molecular weight is 264 g/mol. The van der Waals surface area contributed by atoms with Crippen molar-refractivity contribution in [1.29, 1.82) is 0 Å². The smallest absolute Gasteiger partial charge is 0.104 e. The molecule has 2 aromatic rings. The van der Waals surface area contributed by atoms with Crippen LogP contribution in [0.4, 0.5) is 0 Å². The van der Waals surface area contributed by atoms with Crippen molar-refractivity contribution < 1.29 is 4.42 Å². The Morgan fingerprint density at radius 1 is 1.17 bits per heavy atom. The molecule has 0 saturated heterocycles. The SMILES string of the molecule is CNCC(Cc1ccco1)Cc1ccccc1Cl. The third-order valence-electron chi connectivity index (χ3n) is 3.03. The molecular weight excluding hydrogens is 246 g/mol. The molecule has 96 valence electrons. The van der Waals surface area contributed by atoms with Crippen LogP contribution in [0.5, 0.6) is 0 Å². The van der Waals surface area contributed by atoms with Crippen molar-refractivity contribution in [3.05, 3.63) is 59.0 Å². The predicted octanol–water partition coefficient (Wildman–Crippen LogP) is 3.55. The maximum Gasteiger partial charge on any atom is 0.104 e. The maximum atomic E-state index is 6.21. The first-order valence-corrected chi connectivity index (χ1v) is 6.57. The highest BCUT2D eigenvalue weighted by molar-refractivity contribution is 6.31. The lowest BCUT2D eigenvalue weighted by atomic mass is 9.95. The van der Waals surface area contributed by atoms with Crippen LogP contribution in [0, 0.1) is 5.92 Å². The zero-order chi connectivity index (χ0) is 12.8. The highest BCUT2D eigenvalue weighted by Crippen LogP contribution is 2.21. The number of nitrogens with one attached hydrogen (secondary N) is 1. The molecule has 1 N–H and O–H groups in total. The standard InChI is InChI=1S/C15H18ClNO/c1-17-11-12(10-14-6-4-8-18-14)9-13-5-2-3-7-15(13)16/h2-8,12,17H,9-11H2,1H3. The minimum atomic E-state index is 0.487. The van der Waals surface area contributed by atoms with E-state index in [1.54, 1.807) is 6.26 Å². The molecule has 2 rings (SSSR count). The normalized spacial score (nSPS) is 12.6. The van der Waals surface area contributed by atoms with Gasteiger partial charge in [0, 0.05) is 11.4 Å². The van der Waals surface area contributed by atoms with E-state index >= 15 is 0 Å². The Morgan fingerprint density at radius 3 is 2.67 bits per heavy atom. The van der Waals surface area contributed by atoms with Crippen LogP contribution in [0.1, 0.15) is 11.3 Å². The van der Waals surface area contributed by atoms with Gasteiger partial charge < -0.3 is 9.73 Å². The van der Waals surface area contributed by atoms with E-state index in [1.165, 1.54) is 5.56 Å². The first-order chi connectivity index (χ1) is 8.79. The number of hydrogen-bond donors (Lipinski definition) is 1. The molecule has 0 bridgehead atoms. The summed E-state index contributed by atoms with van der Waals surface area (Å²) in [6.45, 7) is 0.950. The first-order valence-electron chi connectivity index (χ1n) is 6.20. The number of hydrogen-bond acceptors (Lipinski definition) is 2. The number of benzene rings is 1. The maximum absolute atomic E-state index is 6.21. The molecule has 0 amide bonds. The highest BCUT2D eigenvalue weighted by atomic mass is 35.5. The van der Waals surface area contributed by atoms with Gasteiger partial charge in [0.15, 0.2) is 0 Å². The van der Waals surface area contributed by atoms with Crippen LogP contribution in [-0.4, -0.2) is 13.6 Å². The first kappa shape index (κ1) is 13.2. The van der Waals surface area contributed by atoms with Gasteiger partial charge in [0.1, 0.15) is 5.76 Å². The minimum Gasteiger partial charge on any atom is -0.469 e. The Kier molecular flexibility index (Phi) is 4.85. The Morgan fingerprint density at radius 2 is 2.00 bits per heavy atom. The van der Waals surface area contributed by atoms with Gasteiger partial charge in [-0.25, -0.2) is 0 Å². The molecule has 0 saturated carbocycles. The molecule has 1 aromatic heterocycles. The van der Waals surface area contributed by atoms with E-state index in [1.807, 2.05) is 37.4 Å². The molecule has 18 heavy (non-hydrogen) atoms. The second kappa shape index (κ2) is 6.62. The monoisotopic (exact) mass is 263 g/mol. The zero-order valence-electron chi connectivity index (χ0n) is 10.5. The molecule has 1 aromatic carbocycles. The van der Waals surface area contributed by atoms with Gasteiger partial charge in [-0.15, -0.1) is 0 Å². The number of halogens is 1. The molecule has 0 spiro atoms. The summed E-state index contributed by atoms with van der Waals surface area (Å²) in [6.07, 6.45) is 3.61. The van der Waals surface area contributed by atoms with E-state index in [0.29, 0.717) is 5.92 Å². The second-order valence-electron chi connectivity index (χ2n) is 4.50. The summed E-state index contributed by atoms with van der Waals surface area (Å²) < 4.78 is 5.42. The van der Waals surface area contributed by atoms with Gasteiger partial charge in [0.2, 0.25) is 0 Å². The fraction of sp³-hybridized carbons (Fsp3) is 0.333. The summed E-state index contributed by atoms with van der Waals surface area (Å²) in [5.74, 6) is 1.52. The quantitative estimate of drug-likeness (QED) is 0.862. The summed E-state index contributed by atoms with van der Waals surface area (Å²) in [4.78, 5) is 0. The van der Waals surface area contributed by atoms with E-state index in [4.69, 9.17) is 16.0 Å². The summed E-state index contributed by atoms with van der Waals surface area (Å²) in [6, 6.07) is 12.0. The Balaban J connectivity index is 2.04. The van der Waals surface area contributed by atoms with Crippen LogP contribution in [0.25, 0.3) is 0 Å². The van der Waals surface area contributed by atoms with Crippen LogP contribution in [0.3, 0.4) is 0 Å². The van der Waals surface area contributed by atoms with Crippen molar-refractivity contribution >= 4 is 11.6 Å². The Hall–Kier alpha value is -1.25. The van der Waals surface area contributed by atoms with Gasteiger partial charge >= 0.3 is 0 Å². The Labute approximate surface area is 113 Å². The second-order valence-corrected chi connectivity index (χ2v) is 4.91. The lowest BCUT2D eigenvalue weighted by Gasteiger charge is -2.16. The molecule has 1 atom stereocenters. The van der Waals surface area contributed by atoms with E-state index in [9.17, 15) is 0 Å². The summed E-state index contributed by atoms with van der Waals surface area (Å²) in [5, 5.41) is 4.08. The third-order valence-corrected chi connectivity index (χ3v) is 3.40. The highest BCUT2D eigenvalue weighted by Gasteiger charge is 2.13. The third kappa shape index (κ3) is 3.62. The zero-order valence-corrected chi connectivity index (χ0v) is 11.3. The van der Waals surface area contributed by atoms with Crippen molar-refractivity contribution in [3.63, 3.8) is 0 Å². The number of rotatable bonds is 6. The lowest BCUT2D eigenvalue weighted by Crippen LogP contribution is -2.22. The molecule has 0 radical (unpaired) electrons. The minimum absolute atomic E-state index is 0.487. The van der Waals surface area contributed by atoms with E-state index in [2.05, 4.69) is 11.4 Å². The van der Waals surface area contributed by atoms with Gasteiger partial charge in [0.05, 0.1) is 6.26 Å². The molecule has 3 heteroatoms. The molecular formula is C15H18ClNO. The van der Waals surface area contributed by atoms with E-state index in [-0.39, 0.29) is 0 Å². The van der Waals surface area contributed by atoms with Crippen molar-refractivity contribution in [2.24, 2.45) is 5.92 Å². The summed E-state index contributed by atoms with van der Waals surface area (Å²) in [7, 11) is 1.97. The fourth-order valence-electron chi connectivity index (χ4n) is 2.19. The Bertz CT molecular complexity index is 467. The predicted molar refractivity (Wildman–Crippen MR) is 75.0 cm³/mol. The molecule has 0 aliphatic carbocycles.